The fourth-order valence-electron chi connectivity index (χ4n) is 2.96. The Labute approximate surface area is 106 Å². The summed E-state index contributed by atoms with van der Waals surface area (Å²) in [6, 6.07) is 0. The summed E-state index contributed by atoms with van der Waals surface area (Å²) in [6.07, 6.45) is 16.8. The molecule has 0 spiro atoms. The van der Waals surface area contributed by atoms with Crippen molar-refractivity contribution < 1.29 is 4.79 Å². The van der Waals surface area contributed by atoms with Crippen molar-refractivity contribution in [1.29, 1.82) is 0 Å². The second-order valence-electron chi connectivity index (χ2n) is 5.51. The van der Waals surface area contributed by atoms with Crippen LogP contribution in [0, 0.1) is 0 Å². The minimum Gasteiger partial charge on any atom is -0.211 e. The van der Waals surface area contributed by atoms with Crippen molar-refractivity contribution in [2.45, 2.75) is 89.5 Å². The van der Waals surface area contributed by atoms with E-state index in [0.717, 1.165) is 19.3 Å². The molecule has 0 unspecified atom stereocenters. The molecule has 17 heavy (non-hydrogen) atoms. The van der Waals surface area contributed by atoms with Gasteiger partial charge in [-0.15, -0.1) is 0 Å². The van der Waals surface area contributed by atoms with Crippen LogP contribution in [0.3, 0.4) is 0 Å². The molecule has 1 saturated carbocycles. The van der Waals surface area contributed by atoms with E-state index >= 15 is 0 Å². The number of hydrogen-bond donors (Lipinski definition) is 0. The lowest BCUT2D eigenvalue weighted by Gasteiger charge is -2.32. The average molecular weight is 237 g/mol. The molecule has 0 aromatic rings. The number of aliphatic imine (C=N–C) groups is 1. The van der Waals surface area contributed by atoms with E-state index in [4.69, 9.17) is 0 Å². The number of nitrogens with zero attached hydrogens (tertiary/aromatic N) is 1. The summed E-state index contributed by atoms with van der Waals surface area (Å²) in [6.45, 7) is 2.25. The molecule has 0 atom stereocenters. The highest BCUT2D eigenvalue weighted by Gasteiger charge is 2.30. The van der Waals surface area contributed by atoms with Crippen molar-refractivity contribution in [3.8, 4) is 0 Å². The molecule has 1 aliphatic carbocycles. The summed E-state index contributed by atoms with van der Waals surface area (Å²) >= 11 is 0. The van der Waals surface area contributed by atoms with Gasteiger partial charge in [-0.3, -0.25) is 0 Å². The van der Waals surface area contributed by atoms with E-state index in [1.807, 2.05) is 6.08 Å². The van der Waals surface area contributed by atoms with Gasteiger partial charge in [0.1, 0.15) is 0 Å². The van der Waals surface area contributed by atoms with Gasteiger partial charge in [-0.05, 0) is 19.3 Å². The van der Waals surface area contributed by atoms with E-state index in [1.54, 1.807) is 0 Å². The standard InChI is InChI=1S/C15H27NO/c1-2-3-4-5-6-8-11-15(16-14-17)12-9-7-10-13-15/h2-13H2,1H3. The molecule has 2 heteroatoms. The SMILES string of the molecule is CCCCCCCCC1(N=C=O)CCCCC1. The summed E-state index contributed by atoms with van der Waals surface area (Å²) in [4.78, 5) is 14.7. The minimum absolute atomic E-state index is 0.0231. The Morgan fingerprint density at radius 2 is 1.65 bits per heavy atom. The van der Waals surface area contributed by atoms with Crippen molar-refractivity contribution in [2.75, 3.05) is 0 Å². The Bertz CT molecular complexity index is 237. The van der Waals surface area contributed by atoms with Crippen LogP contribution in [-0.2, 0) is 4.79 Å². The predicted octanol–water partition coefficient (Wildman–Crippen LogP) is 4.78. The number of isocyanates is 1. The first-order valence-electron chi connectivity index (χ1n) is 7.42. The zero-order valence-corrected chi connectivity index (χ0v) is 11.3. The zero-order valence-electron chi connectivity index (χ0n) is 11.3. The van der Waals surface area contributed by atoms with Crippen LogP contribution >= 0.6 is 0 Å². The summed E-state index contributed by atoms with van der Waals surface area (Å²) in [5, 5.41) is 0. The minimum atomic E-state index is -0.0231. The van der Waals surface area contributed by atoms with Crippen LogP contribution in [0.5, 0.6) is 0 Å². The maximum Gasteiger partial charge on any atom is 0.235 e. The Morgan fingerprint density at radius 3 is 2.29 bits per heavy atom. The molecule has 2 nitrogen and oxygen atoms in total. The van der Waals surface area contributed by atoms with Crippen LogP contribution in [0.15, 0.2) is 4.99 Å². The summed E-state index contributed by atoms with van der Waals surface area (Å²) in [7, 11) is 0. The first-order valence-corrected chi connectivity index (χ1v) is 7.42. The summed E-state index contributed by atoms with van der Waals surface area (Å²) in [5.74, 6) is 0. The maximum absolute atomic E-state index is 10.6. The molecule has 0 heterocycles. The van der Waals surface area contributed by atoms with Gasteiger partial charge in [-0.2, -0.15) is 4.99 Å². The van der Waals surface area contributed by atoms with Crippen LogP contribution in [0.4, 0.5) is 0 Å². The van der Waals surface area contributed by atoms with E-state index in [-0.39, 0.29) is 5.54 Å². The molecule has 0 N–H and O–H groups in total. The van der Waals surface area contributed by atoms with Crippen molar-refractivity contribution in [3.05, 3.63) is 0 Å². The number of unbranched alkanes of at least 4 members (excludes halogenated alkanes) is 5. The topological polar surface area (TPSA) is 29.4 Å². The van der Waals surface area contributed by atoms with Gasteiger partial charge < -0.3 is 0 Å². The molecule has 1 fully saturated rings. The quantitative estimate of drug-likeness (QED) is 0.339. The number of hydrogen-bond acceptors (Lipinski definition) is 2. The molecule has 98 valence electrons. The average Bonchev–Trinajstić information content (AvgIpc) is 2.35. The molecular weight excluding hydrogens is 210 g/mol. The van der Waals surface area contributed by atoms with Gasteiger partial charge in [-0.1, -0.05) is 64.7 Å². The van der Waals surface area contributed by atoms with E-state index in [0.29, 0.717) is 0 Å². The highest BCUT2D eigenvalue weighted by atomic mass is 16.1. The van der Waals surface area contributed by atoms with E-state index in [9.17, 15) is 4.79 Å². The van der Waals surface area contributed by atoms with E-state index in [2.05, 4.69) is 11.9 Å². The molecule has 1 rings (SSSR count). The molecule has 0 bridgehead atoms. The second kappa shape index (κ2) is 8.47. The molecule has 0 aromatic carbocycles. The maximum atomic E-state index is 10.6. The van der Waals surface area contributed by atoms with Gasteiger partial charge >= 0.3 is 0 Å². The zero-order chi connectivity index (χ0) is 12.4. The first-order chi connectivity index (χ1) is 8.33. The van der Waals surface area contributed by atoms with Gasteiger partial charge in [0.15, 0.2) is 0 Å². The third-order valence-electron chi connectivity index (χ3n) is 4.06. The lowest BCUT2D eigenvalue weighted by atomic mass is 9.78. The van der Waals surface area contributed by atoms with Gasteiger partial charge in [-0.25, -0.2) is 4.79 Å². The summed E-state index contributed by atoms with van der Waals surface area (Å²) in [5.41, 5.74) is -0.0231. The van der Waals surface area contributed by atoms with Crippen LogP contribution in [0.2, 0.25) is 0 Å². The normalized spacial score (nSPS) is 18.6. The molecule has 0 aromatic heterocycles. The van der Waals surface area contributed by atoms with Crippen molar-refractivity contribution >= 4 is 6.08 Å². The molecule has 1 aliphatic rings. The predicted molar refractivity (Wildman–Crippen MR) is 71.9 cm³/mol. The lowest BCUT2D eigenvalue weighted by Crippen LogP contribution is -2.29. The fraction of sp³-hybridized carbons (Fsp3) is 0.933. The van der Waals surface area contributed by atoms with Crippen LogP contribution in [0.25, 0.3) is 0 Å². The van der Waals surface area contributed by atoms with Crippen LogP contribution < -0.4 is 0 Å². The highest BCUT2D eigenvalue weighted by Crippen LogP contribution is 2.35. The molecular formula is C15H27NO. The molecule has 0 radical (unpaired) electrons. The Balaban J connectivity index is 2.22. The lowest BCUT2D eigenvalue weighted by molar-refractivity contribution is 0.271. The molecule has 0 aliphatic heterocycles. The first kappa shape index (κ1) is 14.4. The number of rotatable bonds is 8. The van der Waals surface area contributed by atoms with Crippen molar-refractivity contribution in [3.63, 3.8) is 0 Å². The smallest absolute Gasteiger partial charge is 0.211 e. The third-order valence-corrected chi connectivity index (χ3v) is 4.06. The number of carbonyl (C=O) groups excluding carboxylic acids is 1. The van der Waals surface area contributed by atoms with Crippen molar-refractivity contribution in [1.82, 2.24) is 0 Å². The molecule has 0 saturated heterocycles. The van der Waals surface area contributed by atoms with Gasteiger partial charge in [0, 0.05) is 0 Å². The highest BCUT2D eigenvalue weighted by molar-refractivity contribution is 5.35. The molecule has 0 amide bonds. The van der Waals surface area contributed by atoms with Gasteiger partial charge in [0.25, 0.3) is 0 Å². The van der Waals surface area contributed by atoms with Crippen molar-refractivity contribution in [2.24, 2.45) is 4.99 Å². The van der Waals surface area contributed by atoms with Crippen LogP contribution in [-0.4, -0.2) is 11.6 Å². The monoisotopic (exact) mass is 237 g/mol. The Morgan fingerprint density at radius 1 is 1.00 bits per heavy atom. The largest absolute Gasteiger partial charge is 0.235 e. The fourth-order valence-corrected chi connectivity index (χ4v) is 2.96. The Kier molecular flexibility index (Phi) is 7.19. The summed E-state index contributed by atoms with van der Waals surface area (Å²) < 4.78 is 0. The Hall–Kier alpha value is -0.620. The van der Waals surface area contributed by atoms with E-state index in [1.165, 1.54) is 57.8 Å². The van der Waals surface area contributed by atoms with Crippen LogP contribution in [0.1, 0.15) is 84.0 Å². The second-order valence-corrected chi connectivity index (χ2v) is 5.51. The third kappa shape index (κ3) is 5.50. The van der Waals surface area contributed by atoms with E-state index < -0.39 is 0 Å². The van der Waals surface area contributed by atoms with Gasteiger partial charge in [0.2, 0.25) is 6.08 Å². The van der Waals surface area contributed by atoms with Gasteiger partial charge in [0.05, 0.1) is 5.54 Å².